The molecule has 0 bridgehead atoms. The van der Waals surface area contributed by atoms with E-state index in [1.807, 2.05) is 6.20 Å². The first-order chi connectivity index (χ1) is 7.45. The summed E-state index contributed by atoms with van der Waals surface area (Å²) >= 11 is 0. The van der Waals surface area contributed by atoms with Gasteiger partial charge in [-0.25, -0.2) is 4.98 Å². The van der Waals surface area contributed by atoms with Gasteiger partial charge in [0, 0.05) is 24.7 Å². The summed E-state index contributed by atoms with van der Waals surface area (Å²) in [6, 6.07) is 10.6. The quantitative estimate of drug-likeness (QED) is 0.804. The first kappa shape index (κ1) is 16.8. The van der Waals surface area contributed by atoms with E-state index in [0.717, 1.165) is 18.9 Å². The van der Waals surface area contributed by atoms with Gasteiger partial charge in [-0.3, -0.25) is 0 Å². The van der Waals surface area contributed by atoms with Gasteiger partial charge in [0.05, 0.1) is 0 Å². The van der Waals surface area contributed by atoms with E-state index in [9.17, 15) is 0 Å². The summed E-state index contributed by atoms with van der Waals surface area (Å²) in [6.07, 6.45) is 4.51. The van der Waals surface area contributed by atoms with Gasteiger partial charge >= 0.3 is 0 Å². The molecule has 1 aliphatic rings. The topological polar surface area (TPSA) is 79.1 Å². The second kappa shape index (κ2) is 7.31. The highest BCUT2D eigenvalue weighted by molar-refractivity contribution is 8.93. The summed E-state index contributed by atoms with van der Waals surface area (Å²) in [5, 5.41) is 2.57. The lowest BCUT2D eigenvalue weighted by Crippen LogP contribution is -2.19. The highest BCUT2D eigenvalue weighted by Gasteiger charge is 2.15. The molecule has 3 rings (SSSR count). The van der Waals surface area contributed by atoms with Gasteiger partial charge in [-0.2, -0.15) is 0 Å². The van der Waals surface area contributed by atoms with Gasteiger partial charge in [-0.1, -0.05) is 24.3 Å². The van der Waals surface area contributed by atoms with Crippen molar-refractivity contribution in [2.45, 2.75) is 12.8 Å². The van der Waals surface area contributed by atoms with E-state index in [2.05, 4.69) is 40.2 Å². The van der Waals surface area contributed by atoms with Crippen LogP contribution in [-0.2, 0) is 0 Å². The zero-order chi connectivity index (χ0) is 10.1. The molecule has 0 unspecified atom stereocenters. The van der Waals surface area contributed by atoms with E-state index in [1.165, 1.54) is 23.6 Å². The highest BCUT2D eigenvalue weighted by Crippen LogP contribution is 2.26. The molecule has 2 aromatic rings. The zero-order valence-corrected chi connectivity index (χ0v) is 11.8. The molecule has 100 valence electrons. The van der Waals surface area contributed by atoms with Crippen molar-refractivity contribution >= 4 is 33.6 Å². The normalized spacial score (nSPS) is 13.4. The van der Waals surface area contributed by atoms with Gasteiger partial charge in [0.1, 0.15) is 5.82 Å². The Morgan fingerprint density at radius 2 is 1.61 bits per heavy atom. The number of rotatable bonds is 1. The Labute approximate surface area is 117 Å². The van der Waals surface area contributed by atoms with Crippen LogP contribution in [0, 0.1) is 0 Å². The second-order valence-corrected chi connectivity index (χ2v) is 4.05. The molecule has 18 heavy (non-hydrogen) atoms. The van der Waals surface area contributed by atoms with E-state index in [4.69, 9.17) is 0 Å². The molecule has 0 spiro atoms. The molecule has 1 fully saturated rings. The van der Waals surface area contributed by atoms with Gasteiger partial charge in [-0.15, -0.1) is 17.0 Å². The fourth-order valence-corrected chi connectivity index (χ4v) is 2.28. The number of anilines is 1. The largest absolute Gasteiger partial charge is 0.412 e. The predicted octanol–water partition coefficient (Wildman–Crippen LogP) is 1.76. The maximum atomic E-state index is 4.51. The second-order valence-electron chi connectivity index (χ2n) is 4.05. The van der Waals surface area contributed by atoms with Crippen molar-refractivity contribution in [1.29, 1.82) is 0 Å². The molecule has 0 radical (unpaired) electrons. The molecule has 0 saturated carbocycles. The van der Waals surface area contributed by atoms with Gasteiger partial charge in [0.25, 0.3) is 0 Å². The summed E-state index contributed by atoms with van der Waals surface area (Å²) < 4.78 is 0. The fraction of sp³-hybridized carbons (Fsp3) is 0.308. The van der Waals surface area contributed by atoms with Crippen LogP contribution in [0.1, 0.15) is 12.8 Å². The Bertz CT molecular complexity index is 482. The lowest BCUT2D eigenvalue weighted by molar-refractivity contribution is 0.823. The van der Waals surface area contributed by atoms with Crippen molar-refractivity contribution in [2.24, 2.45) is 0 Å². The monoisotopic (exact) mass is 314 g/mol. The van der Waals surface area contributed by atoms with Crippen LogP contribution in [0.2, 0.25) is 0 Å². The average molecular weight is 315 g/mol. The standard InChI is InChI=1S/C13H14N2.BrH.2H2O/c1-2-6-12-11(5-1)7-8-14-13(12)15-9-3-4-10-15;;;/h1-2,5-8H,3-4,9-10H2;1H;2*1H2. The molecule has 2 heterocycles. The Balaban J connectivity index is 0.000000963. The zero-order valence-electron chi connectivity index (χ0n) is 10.1. The van der Waals surface area contributed by atoms with Crippen LogP contribution in [0.5, 0.6) is 0 Å². The molecule has 0 atom stereocenters. The number of hydrogen-bond acceptors (Lipinski definition) is 2. The highest BCUT2D eigenvalue weighted by atomic mass is 79.9. The maximum absolute atomic E-state index is 4.51. The van der Waals surface area contributed by atoms with Crippen molar-refractivity contribution in [1.82, 2.24) is 4.98 Å². The van der Waals surface area contributed by atoms with Crippen LogP contribution < -0.4 is 4.90 Å². The van der Waals surface area contributed by atoms with E-state index >= 15 is 0 Å². The first-order valence-electron chi connectivity index (χ1n) is 5.54. The van der Waals surface area contributed by atoms with E-state index in [-0.39, 0.29) is 27.9 Å². The molecule has 1 aliphatic heterocycles. The molecule has 0 amide bonds. The number of nitrogens with zero attached hydrogens (tertiary/aromatic N) is 2. The molecule has 5 heteroatoms. The minimum absolute atomic E-state index is 0. The fourth-order valence-electron chi connectivity index (χ4n) is 2.28. The SMILES string of the molecule is Br.O.O.c1ccc2c(N3CCCC3)nccc2c1. The number of halogens is 1. The van der Waals surface area contributed by atoms with E-state index in [0.29, 0.717) is 0 Å². The number of fused-ring (bicyclic) bond motifs is 1. The van der Waals surface area contributed by atoms with E-state index < -0.39 is 0 Å². The number of hydrogen-bond donors (Lipinski definition) is 0. The van der Waals surface area contributed by atoms with Crippen molar-refractivity contribution < 1.29 is 11.0 Å². The lowest BCUT2D eigenvalue weighted by Gasteiger charge is -2.18. The minimum atomic E-state index is 0. The van der Waals surface area contributed by atoms with Crippen LogP contribution in [0.15, 0.2) is 36.5 Å². The molecular formula is C13H19BrN2O2. The predicted molar refractivity (Wildman–Crippen MR) is 80.7 cm³/mol. The molecular weight excluding hydrogens is 296 g/mol. The summed E-state index contributed by atoms with van der Waals surface area (Å²) in [4.78, 5) is 6.91. The molecule has 4 N–H and O–H groups in total. The number of pyridine rings is 1. The maximum Gasteiger partial charge on any atom is 0.136 e. The molecule has 0 aliphatic carbocycles. The summed E-state index contributed by atoms with van der Waals surface area (Å²) in [5.74, 6) is 1.16. The Morgan fingerprint density at radius 3 is 2.33 bits per heavy atom. The molecule has 1 saturated heterocycles. The third-order valence-corrected chi connectivity index (χ3v) is 3.06. The number of aromatic nitrogens is 1. The van der Waals surface area contributed by atoms with Crippen molar-refractivity contribution in [2.75, 3.05) is 18.0 Å². The molecule has 1 aromatic heterocycles. The first-order valence-corrected chi connectivity index (χ1v) is 5.54. The summed E-state index contributed by atoms with van der Waals surface area (Å²) in [7, 11) is 0. The third kappa shape index (κ3) is 2.98. The van der Waals surface area contributed by atoms with Crippen molar-refractivity contribution in [3.05, 3.63) is 36.5 Å². The summed E-state index contributed by atoms with van der Waals surface area (Å²) in [5.41, 5.74) is 0. The van der Waals surface area contributed by atoms with Crippen LogP contribution in [0.4, 0.5) is 5.82 Å². The van der Waals surface area contributed by atoms with Crippen LogP contribution in [0.3, 0.4) is 0 Å². The van der Waals surface area contributed by atoms with Gasteiger partial charge in [-0.05, 0) is 24.3 Å². The van der Waals surface area contributed by atoms with Crippen LogP contribution in [0.25, 0.3) is 10.8 Å². The third-order valence-electron chi connectivity index (χ3n) is 3.06. The Hall–Kier alpha value is -1.17. The molecule has 1 aromatic carbocycles. The number of benzene rings is 1. The summed E-state index contributed by atoms with van der Waals surface area (Å²) in [6.45, 7) is 2.31. The lowest BCUT2D eigenvalue weighted by atomic mass is 10.1. The van der Waals surface area contributed by atoms with E-state index in [1.54, 1.807) is 0 Å². The average Bonchev–Trinajstić information content (AvgIpc) is 2.82. The van der Waals surface area contributed by atoms with Gasteiger partial charge in [0.15, 0.2) is 0 Å². The van der Waals surface area contributed by atoms with Gasteiger partial charge < -0.3 is 15.9 Å². The van der Waals surface area contributed by atoms with Crippen LogP contribution in [-0.4, -0.2) is 29.0 Å². The smallest absolute Gasteiger partial charge is 0.136 e. The Morgan fingerprint density at radius 1 is 0.944 bits per heavy atom. The molecule has 4 nitrogen and oxygen atoms in total. The van der Waals surface area contributed by atoms with Crippen LogP contribution >= 0.6 is 17.0 Å². The minimum Gasteiger partial charge on any atom is -0.412 e. The van der Waals surface area contributed by atoms with Gasteiger partial charge in [0.2, 0.25) is 0 Å². The Kier molecular flexibility index (Phi) is 6.83. The van der Waals surface area contributed by atoms with Crippen molar-refractivity contribution in [3.63, 3.8) is 0 Å². The van der Waals surface area contributed by atoms with Crippen molar-refractivity contribution in [3.8, 4) is 0 Å².